The van der Waals surface area contributed by atoms with Crippen molar-refractivity contribution in [3.63, 3.8) is 0 Å². The molecule has 3 heterocycles. The summed E-state index contributed by atoms with van der Waals surface area (Å²) >= 11 is 0. The number of ether oxygens (including phenoxy) is 1. The Morgan fingerprint density at radius 1 is 1.26 bits per heavy atom. The molecule has 4 rings (SSSR count). The topological polar surface area (TPSA) is 60.2 Å². The molecule has 1 saturated heterocycles. The van der Waals surface area contributed by atoms with E-state index in [2.05, 4.69) is 19.7 Å². The number of nitrogens with zero attached hydrogens (tertiary/aromatic N) is 4. The lowest BCUT2D eigenvalue weighted by atomic mass is 10.1. The summed E-state index contributed by atoms with van der Waals surface area (Å²) in [4.78, 5) is 14.0. The number of rotatable bonds is 2. The molecule has 1 aliphatic carbocycles. The molecule has 0 spiro atoms. The maximum Gasteiger partial charge on any atom is 0.323 e. The summed E-state index contributed by atoms with van der Waals surface area (Å²) in [6, 6.07) is -0.0928. The molecule has 102 valence electrons. The highest BCUT2D eigenvalue weighted by molar-refractivity contribution is 5.78. The Balaban J connectivity index is 1.54. The Kier molecular flexibility index (Phi) is 2.42. The van der Waals surface area contributed by atoms with Gasteiger partial charge >= 0.3 is 5.97 Å². The summed E-state index contributed by atoms with van der Waals surface area (Å²) in [5.41, 5.74) is 0. The average Bonchev–Trinajstić information content (AvgIpc) is 3.06. The van der Waals surface area contributed by atoms with Gasteiger partial charge in [0.15, 0.2) is 0 Å². The second-order valence-electron chi connectivity index (χ2n) is 5.87. The molecular weight excluding hydrogens is 244 g/mol. The Labute approximate surface area is 111 Å². The first-order chi connectivity index (χ1) is 9.22. The summed E-state index contributed by atoms with van der Waals surface area (Å²) in [6.07, 6.45) is 3.32. The molecule has 1 saturated carbocycles. The van der Waals surface area contributed by atoms with Gasteiger partial charge in [-0.05, 0) is 19.8 Å². The van der Waals surface area contributed by atoms with Gasteiger partial charge in [-0.3, -0.25) is 9.69 Å². The zero-order valence-electron chi connectivity index (χ0n) is 11.1. The van der Waals surface area contributed by atoms with Gasteiger partial charge in [-0.25, -0.2) is 0 Å². The molecule has 0 amide bonds. The van der Waals surface area contributed by atoms with Gasteiger partial charge in [-0.15, -0.1) is 10.2 Å². The average molecular weight is 262 g/mol. The first-order valence-corrected chi connectivity index (χ1v) is 7.09. The van der Waals surface area contributed by atoms with Gasteiger partial charge in [0.1, 0.15) is 23.8 Å². The summed E-state index contributed by atoms with van der Waals surface area (Å²) in [7, 11) is 0. The van der Waals surface area contributed by atoms with Crippen LogP contribution in [0.5, 0.6) is 0 Å². The molecule has 0 unspecified atom stereocenters. The largest absolute Gasteiger partial charge is 0.461 e. The van der Waals surface area contributed by atoms with Crippen LogP contribution in [-0.2, 0) is 22.6 Å². The van der Waals surface area contributed by atoms with Crippen molar-refractivity contribution >= 4 is 5.97 Å². The van der Waals surface area contributed by atoms with Crippen LogP contribution >= 0.6 is 0 Å². The van der Waals surface area contributed by atoms with Crippen molar-refractivity contribution in [1.82, 2.24) is 19.7 Å². The predicted octanol–water partition coefficient (Wildman–Crippen LogP) is 0.675. The van der Waals surface area contributed by atoms with E-state index in [9.17, 15) is 4.79 Å². The van der Waals surface area contributed by atoms with E-state index in [1.807, 2.05) is 6.92 Å². The Hall–Kier alpha value is -1.43. The molecule has 0 N–H and O–H groups in total. The molecule has 1 aromatic heterocycles. The Morgan fingerprint density at radius 2 is 2.11 bits per heavy atom. The molecule has 0 bridgehead atoms. The Bertz CT molecular complexity index is 523. The number of hydrogen-bond donors (Lipinski definition) is 0. The summed E-state index contributed by atoms with van der Waals surface area (Å²) in [5, 5.41) is 8.63. The lowest BCUT2D eigenvalue weighted by molar-refractivity contribution is -0.145. The number of fused-ring (bicyclic) bond motifs is 1. The quantitative estimate of drug-likeness (QED) is 0.733. The number of aromatic nitrogens is 3. The molecule has 1 aromatic rings. The fraction of sp³-hybridized carbons (Fsp3) is 0.769. The van der Waals surface area contributed by atoms with Crippen molar-refractivity contribution in [2.45, 2.75) is 57.3 Å². The van der Waals surface area contributed by atoms with Gasteiger partial charge < -0.3 is 9.30 Å². The van der Waals surface area contributed by atoms with E-state index in [0.717, 1.165) is 31.2 Å². The minimum atomic E-state index is -0.0928. The van der Waals surface area contributed by atoms with E-state index < -0.39 is 0 Å². The number of esters is 1. The molecule has 2 atom stereocenters. The lowest BCUT2D eigenvalue weighted by Gasteiger charge is -2.30. The summed E-state index contributed by atoms with van der Waals surface area (Å²) in [6.45, 7) is 4.45. The fourth-order valence-electron chi connectivity index (χ4n) is 3.14. The van der Waals surface area contributed by atoms with Crippen LogP contribution in [0.25, 0.3) is 0 Å². The van der Waals surface area contributed by atoms with Crippen LogP contribution in [0.15, 0.2) is 0 Å². The summed E-state index contributed by atoms with van der Waals surface area (Å²) in [5.74, 6) is 2.70. The third-order valence-electron chi connectivity index (χ3n) is 4.34. The number of cyclic esters (lactones) is 1. The van der Waals surface area contributed by atoms with Crippen LogP contribution in [0.2, 0.25) is 0 Å². The van der Waals surface area contributed by atoms with Crippen LogP contribution in [0.1, 0.15) is 43.8 Å². The van der Waals surface area contributed by atoms with Crippen LogP contribution in [-0.4, -0.2) is 44.3 Å². The van der Waals surface area contributed by atoms with E-state index in [1.54, 1.807) is 0 Å². The molecule has 6 nitrogen and oxygen atoms in total. The molecule has 19 heavy (non-hydrogen) atoms. The second-order valence-corrected chi connectivity index (χ2v) is 5.87. The fourth-order valence-corrected chi connectivity index (χ4v) is 3.14. The van der Waals surface area contributed by atoms with E-state index in [4.69, 9.17) is 4.74 Å². The zero-order valence-corrected chi connectivity index (χ0v) is 11.1. The van der Waals surface area contributed by atoms with E-state index in [1.165, 1.54) is 12.8 Å². The van der Waals surface area contributed by atoms with Crippen molar-refractivity contribution < 1.29 is 9.53 Å². The third-order valence-corrected chi connectivity index (χ3v) is 4.34. The van der Waals surface area contributed by atoms with Crippen LogP contribution in [0, 0.1) is 0 Å². The van der Waals surface area contributed by atoms with Crippen molar-refractivity contribution in [3.05, 3.63) is 11.6 Å². The highest BCUT2D eigenvalue weighted by atomic mass is 16.6. The third kappa shape index (κ3) is 1.85. The van der Waals surface area contributed by atoms with Crippen LogP contribution in [0.3, 0.4) is 0 Å². The number of hydrogen-bond acceptors (Lipinski definition) is 5. The van der Waals surface area contributed by atoms with Crippen molar-refractivity contribution in [2.24, 2.45) is 0 Å². The smallest absolute Gasteiger partial charge is 0.323 e. The minimum Gasteiger partial charge on any atom is -0.461 e. The van der Waals surface area contributed by atoms with Crippen LogP contribution in [0.4, 0.5) is 0 Å². The van der Waals surface area contributed by atoms with Gasteiger partial charge in [0, 0.05) is 25.4 Å². The predicted molar refractivity (Wildman–Crippen MR) is 66.4 cm³/mol. The molecule has 0 aromatic carbocycles. The van der Waals surface area contributed by atoms with Gasteiger partial charge in [-0.1, -0.05) is 0 Å². The zero-order chi connectivity index (χ0) is 13.0. The first kappa shape index (κ1) is 11.4. The van der Waals surface area contributed by atoms with Crippen molar-refractivity contribution in [2.75, 3.05) is 6.54 Å². The number of carbonyl (C=O) groups excluding carboxylic acids is 1. The van der Waals surface area contributed by atoms with Crippen LogP contribution < -0.4 is 0 Å². The summed E-state index contributed by atoms with van der Waals surface area (Å²) < 4.78 is 7.49. The monoisotopic (exact) mass is 262 g/mol. The molecular formula is C13H18N4O2. The molecule has 0 radical (unpaired) electrons. The standard InChI is InChI=1S/C13H18N4O2/c1-8-6-10(13(18)19-8)16-4-5-17-11(7-16)14-15-12(17)9-2-3-9/h8-10H,2-7H2,1H3/t8-,10-/m1/s1. The Morgan fingerprint density at radius 3 is 2.79 bits per heavy atom. The molecule has 3 aliphatic rings. The molecule has 6 heteroatoms. The van der Waals surface area contributed by atoms with E-state index in [-0.39, 0.29) is 18.1 Å². The second kappa shape index (κ2) is 4.03. The van der Waals surface area contributed by atoms with Gasteiger partial charge in [0.2, 0.25) is 0 Å². The minimum absolute atomic E-state index is 0.0410. The van der Waals surface area contributed by atoms with Gasteiger partial charge in [-0.2, -0.15) is 0 Å². The van der Waals surface area contributed by atoms with Crippen molar-refractivity contribution in [1.29, 1.82) is 0 Å². The maximum atomic E-state index is 11.8. The lowest BCUT2D eigenvalue weighted by Crippen LogP contribution is -2.43. The first-order valence-electron chi connectivity index (χ1n) is 7.09. The number of carbonyl (C=O) groups is 1. The maximum absolute atomic E-state index is 11.8. The molecule has 2 aliphatic heterocycles. The van der Waals surface area contributed by atoms with Gasteiger partial charge in [0.05, 0.1) is 6.54 Å². The highest BCUT2D eigenvalue weighted by Crippen LogP contribution is 2.39. The normalized spacial score (nSPS) is 31.3. The van der Waals surface area contributed by atoms with Gasteiger partial charge in [0.25, 0.3) is 0 Å². The van der Waals surface area contributed by atoms with E-state index >= 15 is 0 Å². The highest BCUT2D eigenvalue weighted by Gasteiger charge is 2.39. The SMILES string of the molecule is C[C@@H]1C[C@@H](N2CCn3c(nnc3C3CC3)C2)C(=O)O1. The van der Waals surface area contributed by atoms with E-state index in [0.29, 0.717) is 12.5 Å². The van der Waals surface area contributed by atoms with Crippen molar-refractivity contribution in [3.8, 4) is 0 Å². The molecule has 2 fully saturated rings.